The number of aliphatic carboxylic acids is 1. The van der Waals surface area contributed by atoms with E-state index in [-0.39, 0.29) is 23.7 Å². The van der Waals surface area contributed by atoms with E-state index in [2.05, 4.69) is 6.08 Å². The first-order valence-corrected chi connectivity index (χ1v) is 6.88. The molecule has 4 nitrogen and oxygen atoms in total. The Labute approximate surface area is 107 Å². The van der Waals surface area contributed by atoms with Crippen LogP contribution in [0.1, 0.15) is 25.7 Å². The number of carbonyl (C=O) groups is 2. The fourth-order valence-corrected chi connectivity index (χ4v) is 3.82. The molecule has 2 fully saturated rings. The number of rotatable bonds is 2. The van der Waals surface area contributed by atoms with E-state index in [0.717, 1.165) is 32.4 Å². The number of amides is 1. The molecule has 2 bridgehead atoms. The number of allylic oxidation sites excluding steroid dienone is 2. The van der Waals surface area contributed by atoms with Crippen molar-refractivity contribution in [3.8, 4) is 0 Å². The maximum atomic E-state index is 12.5. The molecule has 2 aliphatic carbocycles. The van der Waals surface area contributed by atoms with E-state index in [4.69, 9.17) is 0 Å². The molecule has 0 aromatic heterocycles. The van der Waals surface area contributed by atoms with Gasteiger partial charge < -0.3 is 10.0 Å². The van der Waals surface area contributed by atoms with Crippen molar-refractivity contribution < 1.29 is 14.7 Å². The average molecular weight is 249 g/mol. The van der Waals surface area contributed by atoms with Crippen molar-refractivity contribution in [2.45, 2.75) is 25.7 Å². The molecule has 0 spiro atoms. The largest absolute Gasteiger partial charge is 0.481 e. The summed E-state index contributed by atoms with van der Waals surface area (Å²) in [5.74, 6) is -1.29. The van der Waals surface area contributed by atoms with Gasteiger partial charge >= 0.3 is 5.97 Å². The molecular formula is C14H19NO3. The zero-order valence-electron chi connectivity index (χ0n) is 10.4. The summed E-state index contributed by atoms with van der Waals surface area (Å²) in [5, 5.41) is 9.35. The fraction of sp³-hybridized carbons (Fsp3) is 0.714. The standard InChI is InChI=1S/C14H19NO3/c16-13(15-6-2-1-3-7-15)11-9-4-5-10(8-9)12(11)14(17)18/h4-5,9-12H,1-3,6-8H2,(H,17,18)/t9-,10-,11-,12+/m1/s1. The van der Waals surface area contributed by atoms with E-state index in [1.54, 1.807) is 0 Å². The van der Waals surface area contributed by atoms with Crippen LogP contribution in [-0.4, -0.2) is 35.0 Å². The van der Waals surface area contributed by atoms with Gasteiger partial charge in [-0.3, -0.25) is 9.59 Å². The highest BCUT2D eigenvalue weighted by molar-refractivity contribution is 5.87. The van der Waals surface area contributed by atoms with Gasteiger partial charge in [0.25, 0.3) is 0 Å². The summed E-state index contributed by atoms with van der Waals surface area (Å²) < 4.78 is 0. The summed E-state index contributed by atoms with van der Waals surface area (Å²) in [5.41, 5.74) is 0. The molecule has 0 radical (unpaired) electrons. The van der Waals surface area contributed by atoms with Gasteiger partial charge in [-0.2, -0.15) is 0 Å². The first kappa shape index (κ1) is 11.8. The highest BCUT2D eigenvalue weighted by atomic mass is 16.4. The Balaban J connectivity index is 1.79. The van der Waals surface area contributed by atoms with Gasteiger partial charge in [-0.05, 0) is 37.5 Å². The van der Waals surface area contributed by atoms with Crippen LogP contribution in [0, 0.1) is 23.7 Å². The Hall–Kier alpha value is -1.32. The van der Waals surface area contributed by atoms with E-state index in [1.165, 1.54) is 6.42 Å². The number of carboxylic acids is 1. The quantitative estimate of drug-likeness (QED) is 0.755. The van der Waals surface area contributed by atoms with Crippen LogP contribution in [0.5, 0.6) is 0 Å². The monoisotopic (exact) mass is 249 g/mol. The second-order valence-corrected chi connectivity index (χ2v) is 5.72. The second kappa shape index (κ2) is 4.41. The molecule has 1 amide bonds. The summed E-state index contributed by atoms with van der Waals surface area (Å²) in [4.78, 5) is 25.8. The minimum absolute atomic E-state index is 0.0752. The highest BCUT2D eigenvalue weighted by Gasteiger charge is 2.52. The lowest BCUT2D eigenvalue weighted by molar-refractivity contribution is -0.151. The predicted octanol–water partition coefficient (Wildman–Crippen LogP) is 1.52. The molecule has 1 aliphatic heterocycles. The third-order valence-electron chi connectivity index (χ3n) is 4.70. The van der Waals surface area contributed by atoms with E-state index in [1.807, 2.05) is 11.0 Å². The van der Waals surface area contributed by atoms with Crippen molar-refractivity contribution >= 4 is 11.9 Å². The normalized spacial score (nSPS) is 38.1. The molecular weight excluding hydrogens is 230 g/mol. The van der Waals surface area contributed by atoms with Crippen molar-refractivity contribution in [3.63, 3.8) is 0 Å². The number of hydrogen-bond acceptors (Lipinski definition) is 2. The second-order valence-electron chi connectivity index (χ2n) is 5.72. The molecule has 3 rings (SSSR count). The van der Waals surface area contributed by atoms with Crippen LogP contribution in [0.4, 0.5) is 0 Å². The van der Waals surface area contributed by atoms with E-state index in [9.17, 15) is 14.7 Å². The van der Waals surface area contributed by atoms with Gasteiger partial charge in [0.2, 0.25) is 5.91 Å². The Kier molecular flexibility index (Phi) is 2.88. The lowest BCUT2D eigenvalue weighted by Gasteiger charge is -2.33. The van der Waals surface area contributed by atoms with Gasteiger partial charge in [-0.15, -0.1) is 0 Å². The molecule has 0 aromatic rings. The van der Waals surface area contributed by atoms with E-state index < -0.39 is 11.9 Å². The van der Waals surface area contributed by atoms with Crippen LogP contribution >= 0.6 is 0 Å². The first-order valence-electron chi connectivity index (χ1n) is 6.88. The molecule has 4 heteroatoms. The summed E-state index contributed by atoms with van der Waals surface area (Å²) in [6, 6.07) is 0. The zero-order valence-corrected chi connectivity index (χ0v) is 10.4. The Bertz CT molecular complexity index is 398. The molecule has 18 heavy (non-hydrogen) atoms. The average Bonchev–Trinajstić information content (AvgIpc) is 2.99. The van der Waals surface area contributed by atoms with Crippen molar-refractivity contribution in [2.75, 3.05) is 13.1 Å². The lowest BCUT2D eigenvalue weighted by Crippen LogP contribution is -2.44. The molecule has 4 atom stereocenters. The molecule has 1 heterocycles. The van der Waals surface area contributed by atoms with Crippen LogP contribution in [-0.2, 0) is 9.59 Å². The van der Waals surface area contributed by atoms with E-state index >= 15 is 0 Å². The molecule has 3 aliphatic rings. The zero-order chi connectivity index (χ0) is 12.7. The van der Waals surface area contributed by atoms with Gasteiger partial charge in [0.1, 0.15) is 0 Å². The SMILES string of the molecule is O=C(O)[C@@H]1[C@H](C(=O)N2CCCCC2)[C@@H]2C=C[C@@H]1C2. The number of carboxylic acid groups (broad SMARTS) is 1. The number of nitrogens with zero attached hydrogens (tertiary/aromatic N) is 1. The Morgan fingerprint density at radius 3 is 2.22 bits per heavy atom. The number of carbonyl (C=O) groups excluding carboxylic acids is 1. The molecule has 0 aromatic carbocycles. The summed E-state index contributed by atoms with van der Waals surface area (Å²) in [6.07, 6.45) is 8.18. The number of fused-ring (bicyclic) bond motifs is 2. The van der Waals surface area contributed by atoms with Crippen LogP contribution in [0.3, 0.4) is 0 Å². The van der Waals surface area contributed by atoms with Crippen LogP contribution < -0.4 is 0 Å². The van der Waals surface area contributed by atoms with E-state index in [0.29, 0.717) is 0 Å². The maximum absolute atomic E-state index is 12.5. The van der Waals surface area contributed by atoms with Crippen LogP contribution in [0.15, 0.2) is 12.2 Å². The van der Waals surface area contributed by atoms with Crippen molar-refractivity contribution in [3.05, 3.63) is 12.2 Å². The van der Waals surface area contributed by atoms with Crippen molar-refractivity contribution in [1.29, 1.82) is 0 Å². The topological polar surface area (TPSA) is 57.6 Å². The number of hydrogen-bond donors (Lipinski definition) is 1. The predicted molar refractivity (Wildman–Crippen MR) is 65.8 cm³/mol. The Morgan fingerprint density at radius 1 is 1.00 bits per heavy atom. The fourth-order valence-electron chi connectivity index (χ4n) is 3.82. The maximum Gasteiger partial charge on any atom is 0.307 e. The van der Waals surface area contributed by atoms with Gasteiger partial charge in [0.15, 0.2) is 0 Å². The highest BCUT2D eigenvalue weighted by Crippen LogP contribution is 2.48. The van der Waals surface area contributed by atoms with Crippen LogP contribution in [0.25, 0.3) is 0 Å². The first-order chi connectivity index (χ1) is 8.68. The van der Waals surface area contributed by atoms with Crippen molar-refractivity contribution in [1.82, 2.24) is 4.90 Å². The minimum Gasteiger partial charge on any atom is -0.481 e. The molecule has 1 saturated heterocycles. The molecule has 1 saturated carbocycles. The summed E-state index contributed by atoms with van der Waals surface area (Å²) in [6.45, 7) is 1.62. The summed E-state index contributed by atoms with van der Waals surface area (Å²) in [7, 11) is 0. The lowest BCUT2D eigenvalue weighted by atomic mass is 9.82. The smallest absolute Gasteiger partial charge is 0.307 e. The molecule has 1 N–H and O–H groups in total. The van der Waals surface area contributed by atoms with Crippen molar-refractivity contribution in [2.24, 2.45) is 23.7 Å². The number of likely N-dealkylation sites (tertiary alicyclic amines) is 1. The van der Waals surface area contributed by atoms with Gasteiger partial charge in [0.05, 0.1) is 11.8 Å². The van der Waals surface area contributed by atoms with Crippen LogP contribution in [0.2, 0.25) is 0 Å². The third kappa shape index (κ3) is 1.74. The van der Waals surface area contributed by atoms with Gasteiger partial charge in [-0.25, -0.2) is 0 Å². The summed E-state index contributed by atoms with van der Waals surface area (Å²) >= 11 is 0. The molecule has 98 valence electrons. The third-order valence-corrected chi connectivity index (χ3v) is 4.70. The molecule has 0 unspecified atom stereocenters. The number of piperidine rings is 1. The minimum atomic E-state index is -0.804. The van der Waals surface area contributed by atoms with Gasteiger partial charge in [-0.1, -0.05) is 12.2 Å². The Morgan fingerprint density at radius 2 is 1.61 bits per heavy atom. The van der Waals surface area contributed by atoms with Gasteiger partial charge in [0, 0.05) is 13.1 Å².